The molecule has 1 aliphatic rings. The van der Waals surface area contributed by atoms with Gasteiger partial charge in [0.2, 0.25) is 5.88 Å². The van der Waals surface area contributed by atoms with Crippen LogP contribution in [0.3, 0.4) is 0 Å². The fourth-order valence-electron chi connectivity index (χ4n) is 3.25. The fourth-order valence-corrected chi connectivity index (χ4v) is 3.70. The Labute approximate surface area is 200 Å². The van der Waals surface area contributed by atoms with Gasteiger partial charge in [0.05, 0.1) is 23.6 Å². The molecule has 0 radical (unpaired) electrons. The standard InChI is InChI=1S/C24H19Cl2N3O4/c1-3-32-24(31)20-21(26)19(33-22(20)27-16-9-7-8-15(25)12-16)13-18-14(2)28-29(23(18)30)17-10-5-4-6-11-17/h4-13,27H,3H2,1-2H3/b18-13+. The van der Waals surface area contributed by atoms with Crippen LogP contribution in [0.5, 0.6) is 0 Å². The third-order valence-corrected chi connectivity index (χ3v) is 5.39. The zero-order valence-corrected chi connectivity index (χ0v) is 19.3. The lowest BCUT2D eigenvalue weighted by molar-refractivity contribution is -0.114. The molecule has 168 valence electrons. The maximum Gasteiger partial charge on any atom is 0.345 e. The third-order valence-electron chi connectivity index (χ3n) is 4.78. The molecule has 4 rings (SSSR count). The smallest absolute Gasteiger partial charge is 0.345 e. The highest BCUT2D eigenvalue weighted by Crippen LogP contribution is 2.37. The highest BCUT2D eigenvalue weighted by Gasteiger charge is 2.31. The molecule has 1 N–H and O–H groups in total. The SMILES string of the molecule is CCOC(=O)c1c(Nc2cccc(Cl)c2)oc(/C=C2/C(=O)N(c3ccccc3)N=C2C)c1Cl. The Balaban J connectivity index is 1.73. The zero-order chi connectivity index (χ0) is 23.5. The van der Waals surface area contributed by atoms with Crippen molar-refractivity contribution in [3.63, 3.8) is 0 Å². The molecular weight excluding hydrogens is 465 g/mol. The molecule has 0 unspecified atom stereocenters. The molecule has 1 amide bonds. The number of hydrogen-bond donors (Lipinski definition) is 1. The summed E-state index contributed by atoms with van der Waals surface area (Å²) >= 11 is 12.6. The topological polar surface area (TPSA) is 84.1 Å². The summed E-state index contributed by atoms with van der Waals surface area (Å²) in [5, 5.41) is 9.17. The zero-order valence-electron chi connectivity index (χ0n) is 17.8. The number of rotatable bonds is 6. The highest BCUT2D eigenvalue weighted by molar-refractivity contribution is 6.37. The molecule has 1 aromatic heterocycles. The van der Waals surface area contributed by atoms with E-state index in [1.807, 2.05) is 18.2 Å². The molecule has 0 bridgehead atoms. The van der Waals surface area contributed by atoms with Gasteiger partial charge in [-0.1, -0.05) is 47.5 Å². The van der Waals surface area contributed by atoms with Crippen molar-refractivity contribution in [2.24, 2.45) is 5.10 Å². The first-order valence-corrected chi connectivity index (χ1v) is 10.8. The largest absolute Gasteiger partial charge is 0.462 e. The van der Waals surface area contributed by atoms with Gasteiger partial charge in [-0.05, 0) is 50.3 Å². The molecule has 3 aromatic rings. The normalized spacial score (nSPS) is 14.5. The molecule has 0 saturated heterocycles. The number of benzene rings is 2. The molecule has 7 nitrogen and oxygen atoms in total. The summed E-state index contributed by atoms with van der Waals surface area (Å²) in [6.45, 7) is 3.55. The van der Waals surface area contributed by atoms with Gasteiger partial charge >= 0.3 is 5.97 Å². The van der Waals surface area contributed by atoms with E-state index < -0.39 is 5.97 Å². The Kier molecular flexibility index (Phi) is 6.53. The van der Waals surface area contributed by atoms with Gasteiger partial charge in [0, 0.05) is 10.7 Å². The molecule has 0 fully saturated rings. The van der Waals surface area contributed by atoms with E-state index in [4.69, 9.17) is 32.4 Å². The molecule has 33 heavy (non-hydrogen) atoms. The van der Waals surface area contributed by atoms with Crippen LogP contribution in [0.4, 0.5) is 17.3 Å². The second-order valence-corrected chi connectivity index (χ2v) is 7.85. The van der Waals surface area contributed by atoms with Gasteiger partial charge in [0.1, 0.15) is 16.3 Å². The van der Waals surface area contributed by atoms with Crippen LogP contribution in [0, 0.1) is 0 Å². The highest BCUT2D eigenvalue weighted by atomic mass is 35.5. The van der Waals surface area contributed by atoms with E-state index in [0.29, 0.717) is 27.7 Å². The first kappa shape index (κ1) is 22.6. The molecule has 2 aromatic carbocycles. The van der Waals surface area contributed by atoms with Crippen molar-refractivity contribution < 1.29 is 18.7 Å². The summed E-state index contributed by atoms with van der Waals surface area (Å²) in [6.07, 6.45) is 1.47. The van der Waals surface area contributed by atoms with Crippen molar-refractivity contribution in [1.29, 1.82) is 0 Å². The van der Waals surface area contributed by atoms with Gasteiger partial charge in [-0.3, -0.25) is 4.79 Å². The minimum atomic E-state index is -0.658. The van der Waals surface area contributed by atoms with Crippen LogP contribution < -0.4 is 10.3 Å². The molecule has 2 heterocycles. The van der Waals surface area contributed by atoms with Crippen molar-refractivity contribution in [2.45, 2.75) is 13.8 Å². The van der Waals surface area contributed by atoms with Gasteiger partial charge in [0.15, 0.2) is 0 Å². The number of hydrazone groups is 1. The number of nitrogens with zero attached hydrogens (tertiary/aromatic N) is 2. The monoisotopic (exact) mass is 483 g/mol. The van der Waals surface area contributed by atoms with Gasteiger partial charge in [0.25, 0.3) is 5.91 Å². The first-order chi connectivity index (χ1) is 15.9. The molecule has 0 saturated carbocycles. The quantitative estimate of drug-likeness (QED) is 0.327. The van der Waals surface area contributed by atoms with Crippen molar-refractivity contribution in [3.05, 3.63) is 81.5 Å². The first-order valence-electron chi connectivity index (χ1n) is 10.1. The average Bonchev–Trinajstić information content (AvgIpc) is 3.25. The molecule has 9 heteroatoms. The summed E-state index contributed by atoms with van der Waals surface area (Å²) in [7, 11) is 0. The predicted octanol–water partition coefficient (Wildman–Crippen LogP) is 6.31. The van der Waals surface area contributed by atoms with E-state index in [1.54, 1.807) is 50.2 Å². The van der Waals surface area contributed by atoms with Crippen molar-refractivity contribution in [1.82, 2.24) is 0 Å². The lowest BCUT2D eigenvalue weighted by atomic mass is 10.1. The maximum absolute atomic E-state index is 13.0. The van der Waals surface area contributed by atoms with Crippen LogP contribution >= 0.6 is 23.2 Å². The van der Waals surface area contributed by atoms with Crippen LogP contribution in [-0.4, -0.2) is 24.2 Å². The van der Waals surface area contributed by atoms with Crippen LogP contribution in [0.15, 0.2) is 69.7 Å². The number of nitrogens with one attached hydrogen (secondary N) is 1. The summed E-state index contributed by atoms with van der Waals surface area (Å²) in [4.78, 5) is 25.6. The number of anilines is 3. The Morgan fingerprint density at radius 2 is 1.94 bits per heavy atom. The van der Waals surface area contributed by atoms with Gasteiger partial charge in [-0.25, -0.2) is 4.79 Å². The van der Waals surface area contributed by atoms with E-state index in [9.17, 15) is 9.59 Å². The molecular formula is C24H19Cl2N3O4. The minimum absolute atomic E-state index is 0.0178. The lowest BCUT2D eigenvalue weighted by Crippen LogP contribution is -2.21. The van der Waals surface area contributed by atoms with Gasteiger partial charge in [-0.2, -0.15) is 10.1 Å². The van der Waals surface area contributed by atoms with E-state index in [1.165, 1.54) is 11.1 Å². The third kappa shape index (κ3) is 4.65. The van der Waals surface area contributed by atoms with Crippen LogP contribution in [-0.2, 0) is 9.53 Å². The summed E-state index contributed by atoms with van der Waals surface area (Å²) < 4.78 is 11.0. The number of hydrogen-bond acceptors (Lipinski definition) is 6. The number of carbonyl (C=O) groups is 2. The number of ether oxygens (including phenoxy) is 1. The Hall–Kier alpha value is -3.55. The maximum atomic E-state index is 13.0. The number of para-hydroxylation sites is 1. The van der Waals surface area contributed by atoms with Crippen LogP contribution in [0.25, 0.3) is 6.08 Å². The van der Waals surface area contributed by atoms with Crippen molar-refractivity contribution in [2.75, 3.05) is 16.9 Å². The van der Waals surface area contributed by atoms with E-state index >= 15 is 0 Å². The lowest BCUT2D eigenvalue weighted by Gasteiger charge is -2.10. The second-order valence-electron chi connectivity index (χ2n) is 7.04. The number of halogens is 2. The van der Waals surface area contributed by atoms with E-state index in [0.717, 1.165) is 0 Å². The van der Waals surface area contributed by atoms with E-state index in [2.05, 4.69) is 10.4 Å². The van der Waals surface area contributed by atoms with Crippen molar-refractivity contribution >= 4 is 64.1 Å². The average molecular weight is 484 g/mol. The number of amides is 1. The van der Waals surface area contributed by atoms with Gasteiger partial charge in [-0.15, -0.1) is 0 Å². The summed E-state index contributed by atoms with van der Waals surface area (Å²) in [6, 6.07) is 15.9. The van der Waals surface area contributed by atoms with E-state index in [-0.39, 0.29) is 34.7 Å². The minimum Gasteiger partial charge on any atom is -0.462 e. The Morgan fingerprint density at radius 1 is 1.18 bits per heavy atom. The fraction of sp³-hybridized carbons (Fsp3) is 0.125. The number of esters is 1. The predicted molar refractivity (Wildman–Crippen MR) is 129 cm³/mol. The second kappa shape index (κ2) is 9.52. The van der Waals surface area contributed by atoms with Crippen molar-refractivity contribution in [3.8, 4) is 0 Å². The summed E-state index contributed by atoms with van der Waals surface area (Å²) in [5.41, 5.74) is 2.01. The number of furan rings is 1. The number of carbonyl (C=O) groups excluding carboxylic acids is 2. The van der Waals surface area contributed by atoms with Gasteiger partial charge < -0.3 is 14.5 Å². The van der Waals surface area contributed by atoms with Crippen LogP contribution in [0.1, 0.15) is 30.0 Å². The Morgan fingerprint density at radius 3 is 2.64 bits per heavy atom. The Bertz CT molecular complexity index is 1280. The molecule has 1 aliphatic heterocycles. The molecule has 0 aliphatic carbocycles. The summed E-state index contributed by atoms with van der Waals surface area (Å²) in [5.74, 6) is -0.799. The molecule has 0 atom stereocenters. The molecule has 0 spiro atoms. The van der Waals surface area contributed by atoms with Crippen LogP contribution in [0.2, 0.25) is 10.0 Å².